The molecule has 2 unspecified atom stereocenters. The van der Waals surface area contributed by atoms with E-state index in [1.165, 1.54) is 0 Å². The largest absolute Gasteiger partial charge is 0.374 e. The fraction of sp³-hybridized carbons (Fsp3) is 0.667. The first-order valence-corrected chi connectivity index (χ1v) is 8.59. The maximum Gasteiger partial charge on any atom is 0.193 e. The van der Waals surface area contributed by atoms with Gasteiger partial charge in [-0.1, -0.05) is 6.92 Å². The maximum atomic E-state index is 6.00. The summed E-state index contributed by atoms with van der Waals surface area (Å²) in [4.78, 5) is 8.12. The topological polar surface area (TPSA) is 41.8 Å². The molecule has 2 aromatic rings. The summed E-state index contributed by atoms with van der Waals surface area (Å²) < 4.78 is 8.10. The van der Waals surface area contributed by atoms with E-state index in [0.29, 0.717) is 6.04 Å². The zero-order valence-electron chi connectivity index (χ0n) is 12.8. The van der Waals surface area contributed by atoms with Crippen LogP contribution in [0.3, 0.4) is 0 Å². The van der Waals surface area contributed by atoms with Gasteiger partial charge < -0.3 is 15.0 Å². The number of hydrogen-bond donors (Lipinski definition) is 1. The molecule has 2 atom stereocenters. The summed E-state index contributed by atoms with van der Waals surface area (Å²) in [5, 5.41) is 5.71. The highest BCUT2D eigenvalue weighted by molar-refractivity contribution is 7.15. The van der Waals surface area contributed by atoms with E-state index < -0.39 is 0 Å². The number of thiazole rings is 1. The van der Waals surface area contributed by atoms with Gasteiger partial charge in [0, 0.05) is 43.3 Å². The van der Waals surface area contributed by atoms with Crippen molar-refractivity contribution in [1.82, 2.24) is 19.6 Å². The third-order valence-corrected chi connectivity index (χ3v) is 4.74. The zero-order valence-corrected chi connectivity index (χ0v) is 13.6. The summed E-state index contributed by atoms with van der Waals surface area (Å²) in [6, 6.07) is 0.331. The Hall–Kier alpha value is -0.950. The summed E-state index contributed by atoms with van der Waals surface area (Å²) in [6.07, 6.45) is 6.51. The van der Waals surface area contributed by atoms with Gasteiger partial charge in [0.05, 0.1) is 18.4 Å². The van der Waals surface area contributed by atoms with E-state index in [4.69, 9.17) is 9.72 Å². The quantitative estimate of drug-likeness (QED) is 0.881. The molecule has 1 saturated heterocycles. The Morgan fingerprint density at radius 2 is 2.48 bits per heavy atom. The molecule has 5 nitrogen and oxygen atoms in total. The second kappa shape index (κ2) is 6.87. The van der Waals surface area contributed by atoms with E-state index >= 15 is 0 Å². The molecule has 6 heteroatoms. The van der Waals surface area contributed by atoms with Gasteiger partial charge >= 0.3 is 0 Å². The fourth-order valence-electron chi connectivity index (χ4n) is 2.82. The smallest absolute Gasteiger partial charge is 0.193 e. The minimum Gasteiger partial charge on any atom is -0.374 e. The van der Waals surface area contributed by atoms with Crippen molar-refractivity contribution in [3.8, 4) is 0 Å². The standard InChI is InChI=1S/C15H24N4OS/c1-3-4-16-13(14-11-18(2)5-7-20-14)9-12-10-19-6-8-21-15(19)17-12/h6,8,10,13-14,16H,3-5,7,9,11H2,1-2H3. The lowest BCUT2D eigenvalue weighted by molar-refractivity contribution is -0.0385. The molecule has 3 heterocycles. The first kappa shape index (κ1) is 15.0. The number of likely N-dealkylation sites (N-methyl/N-ethyl adjacent to an activating group) is 1. The molecule has 0 aliphatic carbocycles. The Morgan fingerprint density at radius 1 is 1.57 bits per heavy atom. The van der Waals surface area contributed by atoms with Gasteiger partial charge in [0.15, 0.2) is 4.96 Å². The number of aromatic nitrogens is 2. The molecule has 1 fully saturated rings. The van der Waals surface area contributed by atoms with E-state index in [9.17, 15) is 0 Å². The van der Waals surface area contributed by atoms with Crippen molar-refractivity contribution in [2.75, 3.05) is 33.3 Å². The Bertz CT molecular complexity index is 538. The van der Waals surface area contributed by atoms with Gasteiger partial charge in [-0.3, -0.25) is 4.40 Å². The van der Waals surface area contributed by atoms with Crippen LogP contribution in [0.1, 0.15) is 19.0 Å². The van der Waals surface area contributed by atoms with Crippen LogP contribution in [-0.2, 0) is 11.2 Å². The van der Waals surface area contributed by atoms with Crippen LogP contribution >= 0.6 is 11.3 Å². The molecular formula is C15H24N4OS. The summed E-state index contributed by atoms with van der Waals surface area (Å²) in [5.41, 5.74) is 1.15. The highest BCUT2D eigenvalue weighted by atomic mass is 32.1. The summed E-state index contributed by atoms with van der Waals surface area (Å²) in [7, 11) is 2.17. The van der Waals surface area contributed by atoms with Crippen LogP contribution in [-0.4, -0.2) is 59.7 Å². The lowest BCUT2D eigenvalue weighted by Gasteiger charge is -2.35. The highest BCUT2D eigenvalue weighted by Gasteiger charge is 2.27. The number of rotatable bonds is 6. The predicted molar refractivity (Wildman–Crippen MR) is 86.1 cm³/mol. The van der Waals surface area contributed by atoms with Crippen LogP contribution < -0.4 is 5.32 Å². The van der Waals surface area contributed by atoms with E-state index in [-0.39, 0.29) is 6.10 Å². The molecule has 0 aromatic carbocycles. The average Bonchev–Trinajstić information content (AvgIpc) is 3.04. The lowest BCUT2D eigenvalue weighted by atomic mass is 10.0. The number of hydrogen-bond acceptors (Lipinski definition) is 5. The number of imidazole rings is 1. The number of fused-ring (bicyclic) bond motifs is 1. The SMILES string of the molecule is CCCNC(Cc1cn2ccsc2n1)C1CN(C)CCO1. The van der Waals surface area contributed by atoms with E-state index in [2.05, 4.69) is 46.4 Å². The Labute approximate surface area is 129 Å². The minimum atomic E-state index is 0.245. The number of nitrogens with zero attached hydrogens (tertiary/aromatic N) is 3. The maximum absolute atomic E-state index is 6.00. The minimum absolute atomic E-state index is 0.245. The first-order valence-electron chi connectivity index (χ1n) is 7.71. The van der Waals surface area contributed by atoms with Crippen molar-refractivity contribution >= 4 is 16.3 Å². The summed E-state index contributed by atoms with van der Waals surface area (Å²) >= 11 is 1.68. The van der Waals surface area contributed by atoms with Crippen molar-refractivity contribution in [1.29, 1.82) is 0 Å². The van der Waals surface area contributed by atoms with Crippen molar-refractivity contribution in [2.45, 2.75) is 31.9 Å². The van der Waals surface area contributed by atoms with Crippen molar-refractivity contribution in [3.63, 3.8) is 0 Å². The molecule has 0 amide bonds. The van der Waals surface area contributed by atoms with E-state index in [1.807, 2.05) is 0 Å². The summed E-state index contributed by atoms with van der Waals surface area (Å²) in [6.45, 7) is 6.06. The van der Waals surface area contributed by atoms with Gasteiger partial charge in [-0.15, -0.1) is 11.3 Å². The molecule has 0 saturated carbocycles. The van der Waals surface area contributed by atoms with Crippen LogP contribution in [0.15, 0.2) is 17.8 Å². The lowest BCUT2D eigenvalue weighted by Crippen LogP contribution is -2.52. The first-order chi connectivity index (χ1) is 10.3. The molecular weight excluding hydrogens is 284 g/mol. The van der Waals surface area contributed by atoms with E-state index in [1.54, 1.807) is 11.3 Å². The Morgan fingerprint density at radius 3 is 3.24 bits per heavy atom. The molecule has 116 valence electrons. The number of ether oxygens (including phenoxy) is 1. The number of nitrogens with one attached hydrogen (secondary N) is 1. The summed E-state index contributed by atoms with van der Waals surface area (Å²) in [5.74, 6) is 0. The van der Waals surface area contributed by atoms with Gasteiger partial charge in [0.25, 0.3) is 0 Å². The van der Waals surface area contributed by atoms with E-state index in [0.717, 1.165) is 49.7 Å². The van der Waals surface area contributed by atoms with Crippen LogP contribution in [0.5, 0.6) is 0 Å². The third-order valence-electron chi connectivity index (χ3n) is 3.97. The van der Waals surface area contributed by atoms with Crippen LogP contribution in [0.4, 0.5) is 0 Å². The second-order valence-electron chi connectivity index (χ2n) is 5.76. The second-order valence-corrected chi connectivity index (χ2v) is 6.63. The fourth-order valence-corrected chi connectivity index (χ4v) is 3.54. The van der Waals surface area contributed by atoms with Crippen LogP contribution in [0.2, 0.25) is 0 Å². The monoisotopic (exact) mass is 308 g/mol. The highest BCUT2D eigenvalue weighted by Crippen LogP contribution is 2.16. The molecule has 1 aliphatic heterocycles. The Kier molecular flexibility index (Phi) is 4.90. The number of morpholine rings is 1. The Balaban J connectivity index is 1.70. The van der Waals surface area contributed by atoms with Gasteiger partial charge in [-0.2, -0.15) is 0 Å². The third kappa shape index (κ3) is 3.63. The molecule has 3 rings (SSSR count). The van der Waals surface area contributed by atoms with Crippen molar-refractivity contribution < 1.29 is 4.74 Å². The van der Waals surface area contributed by atoms with Gasteiger partial charge in [-0.25, -0.2) is 4.98 Å². The molecule has 0 spiro atoms. The van der Waals surface area contributed by atoms with Crippen molar-refractivity contribution in [3.05, 3.63) is 23.5 Å². The predicted octanol–water partition coefficient (Wildman–Crippen LogP) is 1.64. The normalized spacial score (nSPS) is 21.9. The van der Waals surface area contributed by atoms with Gasteiger partial charge in [-0.05, 0) is 20.0 Å². The molecule has 21 heavy (non-hydrogen) atoms. The van der Waals surface area contributed by atoms with Crippen molar-refractivity contribution in [2.24, 2.45) is 0 Å². The molecule has 1 N–H and O–H groups in total. The van der Waals surface area contributed by atoms with Crippen LogP contribution in [0.25, 0.3) is 4.96 Å². The van der Waals surface area contributed by atoms with Crippen LogP contribution in [0, 0.1) is 0 Å². The molecule has 0 radical (unpaired) electrons. The molecule has 0 bridgehead atoms. The molecule has 1 aliphatic rings. The molecule has 2 aromatic heterocycles. The zero-order chi connectivity index (χ0) is 14.7. The van der Waals surface area contributed by atoms with Gasteiger partial charge in [0.1, 0.15) is 0 Å². The average molecular weight is 308 g/mol. The van der Waals surface area contributed by atoms with Gasteiger partial charge in [0.2, 0.25) is 0 Å².